The molecule has 0 bridgehead atoms. The highest BCUT2D eigenvalue weighted by molar-refractivity contribution is 6.46. The van der Waals surface area contributed by atoms with Gasteiger partial charge in [-0.3, -0.25) is 10.2 Å². The summed E-state index contributed by atoms with van der Waals surface area (Å²) < 4.78 is 11.1. The van der Waals surface area contributed by atoms with E-state index in [1.54, 1.807) is 37.4 Å². The standard InChI is InChI=1S/C25H35N7O4/c1-17(2)36-18(3)20(15-34-5)14-23(33)29-22-13-9-12-21(28-22)16-35-30-24(25(26)32(4)31-27)19-10-7-6-8-11-19/h6-13,17-18,20,26-27H,14-16H2,1-5H3,(H,28,29,33). The lowest BCUT2D eigenvalue weighted by molar-refractivity contribution is -0.120. The van der Waals surface area contributed by atoms with Gasteiger partial charge < -0.3 is 19.6 Å². The molecule has 2 aromatic rings. The van der Waals surface area contributed by atoms with E-state index in [0.717, 1.165) is 5.01 Å². The number of amidine groups is 1. The lowest BCUT2D eigenvalue weighted by atomic mass is 10.00. The molecule has 2 atom stereocenters. The van der Waals surface area contributed by atoms with Crippen LogP contribution in [0, 0.1) is 16.9 Å². The zero-order chi connectivity index (χ0) is 26.5. The van der Waals surface area contributed by atoms with Gasteiger partial charge in [-0.15, -0.1) is 0 Å². The van der Waals surface area contributed by atoms with Crippen molar-refractivity contribution in [3.8, 4) is 0 Å². The molecule has 1 aromatic carbocycles. The van der Waals surface area contributed by atoms with Crippen molar-refractivity contribution in [2.75, 3.05) is 26.1 Å². The van der Waals surface area contributed by atoms with E-state index in [1.165, 1.54) is 7.05 Å². The second kappa shape index (κ2) is 14.6. The maximum atomic E-state index is 12.7. The minimum Gasteiger partial charge on any atom is -0.389 e. The second-order valence-electron chi connectivity index (χ2n) is 8.42. The van der Waals surface area contributed by atoms with Gasteiger partial charge in [0.15, 0.2) is 18.2 Å². The molecule has 0 radical (unpaired) electrons. The quantitative estimate of drug-likeness (QED) is 0.154. The van der Waals surface area contributed by atoms with Gasteiger partial charge in [0.1, 0.15) is 5.82 Å². The summed E-state index contributed by atoms with van der Waals surface area (Å²) in [6, 6.07) is 14.3. The van der Waals surface area contributed by atoms with Gasteiger partial charge in [0, 0.05) is 32.1 Å². The minimum atomic E-state index is -0.193. The molecule has 3 N–H and O–H groups in total. The van der Waals surface area contributed by atoms with Gasteiger partial charge in [0.05, 0.1) is 24.5 Å². The van der Waals surface area contributed by atoms with E-state index < -0.39 is 0 Å². The number of likely N-dealkylation sites (N-methyl/N-ethyl adjacent to an activating group) is 1. The van der Waals surface area contributed by atoms with Crippen LogP contribution in [0.2, 0.25) is 0 Å². The number of rotatable bonds is 14. The molecule has 2 unspecified atom stereocenters. The van der Waals surface area contributed by atoms with Crippen molar-refractivity contribution < 1.29 is 19.1 Å². The minimum absolute atomic E-state index is 0.0145. The van der Waals surface area contributed by atoms with Crippen LogP contribution in [0.1, 0.15) is 38.4 Å². The van der Waals surface area contributed by atoms with E-state index in [1.807, 2.05) is 39.0 Å². The average Bonchev–Trinajstić information content (AvgIpc) is 2.85. The number of aromatic nitrogens is 1. The maximum absolute atomic E-state index is 12.7. The van der Waals surface area contributed by atoms with Crippen LogP contribution in [0.5, 0.6) is 0 Å². The van der Waals surface area contributed by atoms with Crippen LogP contribution in [-0.4, -0.2) is 60.4 Å². The Kier molecular flexibility index (Phi) is 11.6. The topological polar surface area (TPSA) is 145 Å². The number of hydrogen-bond donors (Lipinski definition) is 3. The summed E-state index contributed by atoms with van der Waals surface area (Å²) in [5, 5.41) is 19.5. The zero-order valence-electron chi connectivity index (χ0n) is 21.4. The SMILES string of the molecule is COCC(CC(=O)Nc1cccc(CON=C(C(=N)N(C)N=N)c2ccccc2)n1)C(C)OC(C)C. The molecule has 1 amide bonds. The van der Waals surface area contributed by atoms with Crippen LogP contribution in [0.4, 0.5) is 5.82 Å². The molecule has 2 rings (SSSR count). The molecule has 194 valence electrons. The van der Waals surface area contributed by atoms with E-state index in [2.05, 4.69) is 20.7 Å². The largest absolute Gasteiger partial charge is 0.389 e. The first kappa shape index (κ1) is 28.5. The number of anilines is 1. The van der Waals surface area contributed by atoms with E-state index in [0.29, 0.717) is 23.7 Å². The number of pyridine rings is 1. The molecule has 0 fully saturated rings. The molecule has 36 heavy (non-hydrogen) atoms. The van der Waals surface area contributed by atoms with Crippen molar-refractivity contribution in [1.82, 2.24) is 9.99 Å². The molecular formula is C25H35N7O4. The number of methoxy groups -OCH3 is 1. The summed E-state index contributed by atoms with van der Waals surface area (Å²) in [7, 11) is 3.08. The molecular weight excluding hydrogens is 462 g/mol. The Morgan fingerprint density at radius 1 is 1.14 bits per heavy atom. The number of nitrogens with one attached hydrogen (secondary N) is 3. The Hall–Kier alpha value is -3.70. The molecule has 0 saturated carbocycles. The Morgan fingerprint density at radius 3 is 2.50 bits per heavy atom. The lowest BCUT2D eigenvalue weighted by Gasteiger charge is -2.25. The highest BCUT2D eigenvalue weighted by atomic mass is 16.6. The van der Waals surface area contributed by atoms with E-state index in [-0.39, 0.29) is 48.6 Å². The fourth-order valence-electron chi connectivity index (χ4n) is 3.37. The van der Waals surface area contributed by atoms with E-state index in [9.17, 15) is 4.79 Å². The molecule has 11 heteroatoms. The highest BCUT2D eigenvalue weighted by Gasteiger charge is 2.22. The number of carbonyl (C=O) groups is 1. The summed E-state index contributed by atoms with van der Waals surface area (Å²) in [5.41, 5.74) is 8.57. The molecule has 0 spiro atoms. The lowest BCUT2D eigenvalue weighted by Crippen LogP contribution is -2.31. The first-order chi connectivity index (χ1) is 17.2. The van der Waals surface area contributed by atoms with Gasteiger partial charge in [-0.1, -0.05) is 46.8 Å². The Bertz CT molecular complexity index is 1030. The molecule has 0 aliphatic carbocycles. The third kappa shape index (κ3) is 9.16. The zero-order valence-corrected chi connectivity index (χ0v) is 21.4. The number of amides is 1. The number of ether oxygens (including phenoxy) is 2. The van der Waals surface area contributed by atoms with Crippen LogP contribution >= 0.6 is 0 Å². The maximum Gasteiger partial charge on any atom is 0.225 e. The molecule has 11 nitrogen and oxygen atoms in total. The summed E-state index contributed by atoms with van der Waals surface area (Å²) in [5.74, 6) is 0.00862. The van der Waals surface area contributed by atoms with Gasteiger partial charge in [0.2, 0.25) is 5.91 Å². The molecule has 0 saturated heterocycles. The number of nitrogens with zero attached hydrogens (tertiary/aromatic N) is 4. The summed E-state index contributed by atoms with van der Waals surface area (Å²) in [6.45, 7) is 6.27. The van der Waals surface area contributed by atoms with Crippen LogP contribution in [0.15, 0.2) is 58.9 Å². The first-order valence-corrected chi connectivity index (χ1v) is 11.6. The Balaban J connectivity index is 2.05. The van der Waals surface area contributed by atoms with Crippen molar-refractivity contribution in [3.05, 3.63) is 59.8 Å². The predicted molar refractivity (Wildman–Crippen MR) is 137 cm³/mol. The summed E-state index contributed by atoms with van der Waals surface area (Å²) in [6.07, 6.45) is 0.142. The number of benzene rings is 1. The number of hydrogen-bond acceptors (Lipinski definition) is 9. The third-order valence-corrected chi connectivity index (χ3v) is 5.17. The second-order valence-corrected chi connectivity index (χ2v) is 8.42. The highest BCUT2D eigenvalue weighted by Crippen LogP contribution is 2.16. The van der Waals surface area contributed by atoms with Crippen molar-refractivity contribution >= 4 is 23.3 Å². The van der Waals surface area contributed by atoms with Crippen LogP contribution in [0.25, 0.3) is 0 Å². The van der Waals surface area contributed by atoms with Crippen molar-refractivity contribution in [2.24, 2.45) is 16.3 Å². The van der Waals surface area contributed by atoms with Crippen molar-refractivity contribution in [3.63, 3.8) is 0 Å². The van der Waals surface area contributed by atoms with Crippen LogP contribution in [0.3, 0.4) is 0 Å². The van der Waals surface area contributed by atoms with E-state index in [4.69, 9.17) is 25.3 Å². The first-order valence-electron chi connectivity index (χ1n) is 11.6. The molecule has 1 heterocycles. The van der Waals surface area contributed by atoms with Gasteiger partial charge in [0.25, 0.3) is 0 Å². The molecule has 1 aromatic heterocycles. The van der Waals surface area contributed by atoms with Gasteiger partial charge in [-0.05, 0) is 32.9 Å². The number of carbonyl (C=O) groups excluding carboxylic acids is 1. The van der Waals surface area contributed by atoms with Gasteiger partial charge in [-0.25, -0.2) is 9.99 Å². The van der Waals surface area contributed by atoms with Crippen LogP contribution < -0.4 is 5.32 Å². The van der Waals surface area contributed by atoms with Gasteiger partial charge >= 0.3 is 0 Å². The predicted octanol–water partition coefficient (Wildman–Crippen LogP) is 4.26. The fourth-order valence-corrected chi connectivity index (χ4v) is 3.37. The van der Waals surface area contributed by atoms with Crippen molar-refractivity contribution in [1.29, 1.82) is 10.9 Å². The van der Waals surface area contributed by atoms with Crippen molar-refractivity contribution in [2.45, 2.75) is 46.0 Å². The molecule has 0 aliphatic rings. The fraction of sp³-hybridized carbons (Fsp3) is 0.440. The smallest absolute Gasteiger partial charge is 0.225 e. The Morgan fingerprint density at radius 2 is 1.86 bits per heavy atom. The third-order valence-electron chi connectivity index (χ3n) is 5.17. The average molecular weight is 498 g/mol. The van der Waals surface area contributed by atoms with Crippen LogP contribution in [-0.2, 0) is 25.7 Å². The molecule has 0 aliphatic heterocycles. The monoisotopic (exact) mass is 497 g/mol. The summed E-state index contributed by atoms with van der Waals surface area (Å²) >= 11 is 0. The van der Waals surface area contributed by atoms with Gasteiger partial charge in [-0.2, -0.15) is 5.53 Å². The summed E-state index contributed by atoms with van der Waals surface area (Å²) in [4.78, 5) is 22.6. The normalized spacial score (nSPS) is 13.1. The Labute approximate surface area is 211 Å². The van der Waals surface area contributed by atoms with E-state index >= 15 is 0 Å². The number of oxime groups is 1.